The van der Waals surface area contributed by atoms with Crippen molar-refractivity contribution in [3.8, 4) is 0 Å². The third-order valence-electron chi connectivity index (χ3n) is 3.76. The maximum absolute atomic E-state index is 14.4. The van der Waals surface area contributed by atoms with Crippen LogP contribution in [0.5, 0.6) is 0 Å². The highest BCUT2D eigenvalue weighted by Gasteiger charge is 2.23. The quantitative estimate of drug-likeness (QED) is 0.300. The number of aliphatic hydroxyl groups excluding tert-OH is 1. The van der Waals surface area contributed by atoms with Crippen molar-refractivity contribution in [2.75, 3.05) is 36.2 Å². The number of hydrogen-bond acceptors (Lipinski definition) is 8. The van der Waals surface area contributed by atoms with E-state index >= 15 is 0 Å². The van der Waals surface area contributed by atoms with Gasteiger partial charge in [0.1, 0.15) is 10.7 Å². The summed E-state index contributed by atoms with van der Waals surface area (Å²) in [6.07, 6.45) is 1.81. The number of aromatic nitrogens is 1. The number of nitrogens with one attached hydrogen (secondary N) is 3. The van der Waals surface area contributed by atoms with Crippen LogP contribution in [-0.4, -0.2) is 50.8 Å². The van der Waals surface area contributed by atoms with Gasteiger partial charge in [0.05, 0.1) is 23.0 Å². The van der Waals surface area contributed by atoms with Gasteiger partial charge in [-0.2, -0.15) is 4.39 Å². The Morgan fingerprint density at radius 1 is 1.28 bits per heavy atom. The first-order valence-corrected chi connectivity index (χ1v) is 11.4. The summed E-state index contributed by atoms with van der Waals surface area (Å²) in [5, 5.41) is 14.5. The minimum Gasteiger partial charge on any atom is -0.390 e. The highest BCUT2D eigenvalue weighted by molar-refractivity contribution is 7.93. The Balaban J connectivity index is 1.90. The number of hydrogen-bond donors (Lipinski definition) is 5. The van der Waals surface area contributed by atoms with Crippen LogP contribution in [0.25, 0.3) is 0 Å². The Labute approximate surface area is 176 Å². The fourth-order valence-electron chi connectivity index (χ4n) is 2.29. The van der Waals surface area contributed by atoms with E-state index in [1.54, 1.807) is 0 Å². The fourth-order valence-corrected chi connectivity index (χ4v) is 4.46. The number of halogens is 3. The third-order valence-corrected chi connectivity index (χ3v) is 6.26. The first-order valence-electron chi connectivity index (χ1n) is 8.69. The molecule has 6 N–H and O–H groups in total. The molecular weight excluding hydrogens is 448 g/mol. The molecule has 0 spiro atoms. The smallest absolute Gasteiger partial charge is 0.266 e. The molecule has 1 aromatic carbocycles. The first kappa shape index (κ1) is 23.7. The summed E-state index contributed by atoms with van der Waals surface area (Å²) in [6.45, 7) is 1.78. The molecule has 0 saturated heterocycles. The van der Waals surface area contributed by atoms with Crippen LogP contribution >= 0.6 is 22.9 Å². The molecule has 0 fully saturated rings. The highest BCUT2D eigenvalue weighted by atomic mass is 35.5. The highest BCUT2D eigenvalue weighted by Crippen LogP contribution is 2.29. The van der Waals surface area contributed by atoms with E-state index in [-0.39, 0.29) is 22.4 Å². The van der Waals surface area contributed by atoms with Gasteiger partial charge in [-0.05, 0) is 31.5 Å². The SMILES string of the molecule is NC[C@H](O)CNCCCCNc1cc(F)c(S(=O)(=O)Nc2ncc(F)s2)cc1Cl. The molecule has 8 nitrogen and oxygen atoms in total. The van der Waals surface area contributed by atoms with E-state index < -0.39 is 32.0 Å². The molecule has 0 aliphatic heterocycles. The molecular formula is C16H22ClF2N5O3S2. The molecule has 1 aromatic heterocycles. The second-order valence-corrected chi connectivity index (χ2v) is 9.10. The molecule has 0 amide bonds. The Morgan fingerprint density at radius 2 is 2.00 bits per heavy atom. The van der Waals surface area contributed by atoms with Crippen molar-refractivity contribution < 1.29 is 22.3 Å². The van der Waals surface area contributed by atoms with Crippen molar-refractivity contribution in [1.82, 2.24) is 10.3 Å². The van der Waals surface area contributed by atoms with Crippen LogP contribution in [0, 0.1) is 10.9 Å². The molecule has 0 aliphatic rings. The predicted molar refractivity (Wildman–Crippen MR) is 110 cm³/mol. The number of benzene rings is 1. The topological polar surface area (TPSA) is 129 Å². The average molecular weight is 470 g/mol. The second kappa shape index (κ2) is 11.0. The minimum atomic E-state index is -4.31. The van der Waals surface area contributed by atoms with Gasteiger partial charge in [-0.15, -0.1) is 0 Å². The van der Waals surface area contributed by atoms with E-state index in [2.05, 4.69) is 15.6 Å². The average Bonchev–Trinajstić information content (AvgIpc) is 3.06. The van der Waals surface area contributed by atoms with Crippen molar-refractivity contribution in [2.45, 2.75) is 23.8 Å². The normalized spacial score (nSPS) is 12.7. The Morgan fingerprint density at radius 3 is 2.66 bits per heavy atom. The van der Waals surface area contributed by atoms with Crippen LogP contribution in [0.4, 0.5) is 19.6 Å². The van der Waals surface area contributed by atoms with Gasteiger partial charge in [0.25, 0.3) is 10.0 Å². The first-order chi connectivity index (χ1) is 13.7. The number of sulfonamides is 1. The number of unbranched alkanes of at least 4 members (excludes halogenated alkanes) is 1. The number of nitrogens with zero attached hydrogens (tertiary/aromatic N) is 1. The molecule has 2 rings (SSSR count). The standard InChI is InChI=1S/C16H22ClF2N5O3S2/c17-11-5-14(29(26,27)24-16-23-9-15(19)28-16)12(18)6-13(11)22-4-2-1-3-21-8-10(25)7-20/h5-6,9-10,21-22,25H,1-4,7-8,20H2,(H,23,24)/t10-/m0/s1. The van der Waals surface area contributed by atoms with Crippen molar-refractivity contribution in [3.63, 3.8) is 0 Å². The van der Waals surface area contributed by atoms with Gasteiger partial charge < -0.3 is 21.5 Å². The predicted octanol–water partition coefficient (Wildman–Crippen LogP) is 1.98. The summed E-state index contributed by atoms with van der Waals surface area (Å²) in [5.74, 6) is -1.00. The van der Waals surface area contributed by atoms with E-state index in [4.69, 9.17) is 17.3 Å². The molecule has 0 aliphatic carbocycles. The molecule has 0 radical (unpaired) electrons. The molecule has 1 atom stereocenters. The Kier molecular flexibility index (Phi) is 8.99. The number of rotatable bonds is 12. The van der Waals surface area contributed by atoms with Gasteiger partial charge in [0.2, 0.25) is 0 Å². The summed E-state index contributed by atoms with van der Waals surface area (Å²) >= 11 is 6.56. The number of thiazole rings is 1. The number of anilines is 2. The summed E-state index contributed by atoms with van der Waals surface area (Å²) in [7, 11) is -4.31. The lowest BCUT2D eigenvalue weighted by Gasteiger charge is -2.12. The second-order valence-electron chi connectivity index (χ2n) is 6.07. The van der Waals surface area contributed by atoms with Crippen LogP contribution < -0.4 is 21.1 Å². The van der Waals surface area contributed by atoms with Gasteiger partial charge >= 0.3 is 0 Å². The molecule has 1 heterocycles. The third kappa shape index (κ3) is 7.32. The van der Waals surface area contributed by atoms with Crippen molar-refractivity contribution >= 4 is 43.8 Å². The molecule has 2 aromatic rings. The van der Waals surface area contributed by atoms with Gasteiger partial charge in [-0.1, -0.05) is 22.9 Å². The zero-order valence-electron chi connectivity index (χ0n) is 15.3. The van der Waals surface area contributed by atoms with Crippen LogP contribution in [0.2, 0.25) is 5.02 Å². The van der Waals surface area contributed by atoms with Crippen LogP contribution in [0.1, 0.15) is 12.8 Å². The summed E-state index contributed by atoms with van der Waals surface area (Å²) in [4.78, 5) is 2.88. The van der Waals surface area contributed by atoms with Crippen molar-refractivity contribution in [3.05, 3.63) is 34.3 Å². The lowest BCUT2D eigenvalue weighted by molar-refractivity contribution is 0.179. The van der Waals surface area contributed by atoms with E-state index in [1.807, 2.05) is 4.72 Å². The van der Waals surface area contributed by atoms with E-state index in [0.717, 1.165) is 31.2 Å². The van der Waals surface area contributed by atoms with Crippen LogP contribution in [0.15, 0.2) is 23.2 Å². The van der Waals surface area contributed by atoms with Crippen LogP contribution in [0.3, 0.4) is 0 Å². The lowest BCUT2D eigenvalue weighted by Crippen LogP contribution is -2.33. The Hall–Kier alpha value is -1.57. The van der Waals surface area contributed by atoms with E-state index in [0.29, 0.717) is 31.0 Å². The van der Waals surface area contributed by atoms with Crippen LogP contribution in [-0.2, 0) is 10.0 Å². The van der Waals surface area contributed by atoms with Gasteiger partial charge in [0.15, 0.2) is 10.3 Å². The zero-order chi connectivity index (χ0) is 21.4. The van der Waals surface area contributed by atoms with Gasteiger partial charge in [0, 0.05) is 19.6 Å². The summed E-state index contributed by atoms with van der Waals surface area (Å²) in [5.41, 5.74) is 5.56. The fraction of sp³-hybridized carbons (Fsp3) is 0.438. The largest absolute Gasteiger partial charge is 0.390 e. The lowest BCUT2D eigenvalue weighted by atomic mass is 10.2. The molecule has 13 heteroatoms. The minimum absolute atomic E-state index is 0.0290. The monoisotopic (exact) mass is 469 g/mol. The molecule has 162 valence electrons. The van der Waals surface area contributed by atoms with Crippen molar-refractivity contribution in [2.24, 2.45) is 5.73 Å². The van der Waals surface area contributed by atoms with E-state index in [1.165, 1.54) is 0 Å². The van der Waals surface area contributed by atoms with Crippen molar-refractivity contribution in [1.29, 1.82) is 0 Å². The molecule has 0 unspecified atom stereocenters. The number of nitrogens with two attached hydrogens (primary N) is 1. The van der Waals surface area contributed by atoms with Gasteiger partial charge in [-0.3, -0.25) is 4.72 Å². The zero-order valence-corrected chi connectivity index (χ0v) is 17.7. The summed E-state index contributed by atoms with van der Waals surface area (Å²) in [6, 6.07) is 1.98. The maximum Gasteiger partial charge on any atom is 0.266 e. The molecule has 29 heavy (non-hydrogen) atoms. The molecule has 0 saturated carbocycles. The Bertz CT molecular complexity index is 914. The summed E-state index contributed by atoms with van der Waals surface area (Å²) < 4.78 is 54.0. The maximum atomic E-state index is 14.4. The number of aliphatic hydroxyl groups is 1. The molecule has 0 bridgehead atoms. The van der Waals surface area contributed by atoms with Gasteiger partial charge in [-0.25, -0.2) is 17.8 Å². The van der Waals surface area contributed by atoms with E-state index in [9.17, 15) is 22.3 Å².